The van der Waals surface area contributed by atoms with Crippen LogP contribution < -0.4 is 5.32 Å². The average molecular weight is 482 g/mol. The first-order valence-electron chi connectivity index (χ1n) is 7.78. The summed E-state index contributed by atoms with van der Waals surface area (Å²) in [5.41, 5.74) is 1.08. The monoisotopic (exact) mass is 482 g/mol. The van der Waals surface area contributed by atoms with Gasteiger partial charge in [0.25, 0.3) is 5.91 Å². The highest BCUT2D eigenvalue weighted by atomic mass is 127. The maximum Gasteiger partial charge on any atom is 0.256 e. The number of hydrogen-bond donors (Lipinski definition) is 1. The van der Waals surface area contributed by atoms with Crippen LogP contribution in [-0.4, -0.2) is 31.7 Å². The average Bonchev–Trinajstić information content (AvgIpc) is 2.62. The van der Waals surface area contributed by atoms with E-state index in [-0.39, 0.29) is 23.9 Å². The molecule has 2 rings (SSSR count). The molecule has 0 fully saturated rings. The van der Waals surface area contributed by atoms with Crippen LogP contribution in [0.15, 0.2) is 78.7 Å². The van der Waals surface area contributed by atoms with E-state index in [1.54, 1.807) is 24.3 Å². The number of anilines is 1. The number of amides is 1. The van der Waals surface area contributed by atoms with Crippen molar-refractivity contribution in [3.63, 3.8) is 0 Å². The highest BCUT2D eigenvalue weighted by molar-refractivity contribution is 14.1. The Labute approximate surface area is 167 Å². The summed E-state index contributed by atoms with van der Waals surface area (Å²) in [6.45, 7) is 7.56. The van der Waals surface area contributed by atoms with Gasteiger partial charge in [-0.15, -0.1) is 13.2 Å². The number of sulfonamides is 1. The molecule has 7 heteroatoms. The second kappa shape index (κ2) is 9.11. The first-order valence-corrected chi connectivity index (χ1v) is 10.3. The molecule has 1 N–H and O–H groups in total. The lowest BCUT2D eigenvalue weighted by molar-refractivity contribution is 0.102. The molecular weight excluding hydrogens is 463 g/mol. The van der Waals surface area contributed by atoms with Gasteiger partial charge < -0.3 is 5.32 Å². The Balaban J connectivity index is 2.19. The summed E-state index contributed by atoms with van der Waals surface area (Å²) < 4.78 is 27.4. The van der Waals surface area contributed by atoms with Crippen molar-refractivity contribution in [1.82, 2.24) is 4.31 Å². The first kappa shape index (κ1) is 20.3. The number of halogens is 1. The minimum atomic E-state index is -3.65. The Bertz CT molecular complexity index is 899. The van der Waals surface area contributed by atoms with Crippen LogP contribution in [0.1, 0.15) is 10.4 Å². The number of hydrogen-bond acceptors (Lipinski definition) is 3. The molecule has 0 unspecified atom stereocenters. The van der Waals surface area contributed by atoms with E-state index in [9.17, 15) is 13.2 Å². The van der Waals surface area contributed by atoms with Gasteiger partial charge in [0.05, 0.1) is 10.5 Å². The summed E-state index contributed by atoms with van der Waals surface area (Å²) in [7, 11) is -3.65. The second-order valence-electron chi connectivity index (χ2n) is 5.36. The van der Waals surface area contributed by atoms with Crippen molar-refractivity contribution >= 4 is 44.2 Å². The number of carbonyl (C=O) groups is 1. The quantitative estimate of drug-likeness (QED) is 0.459. The largest absolute Gasteiger partial charge is 0.322 e. The first-order chi connectivity index (χ1) is 12.4. The number of nitrogens with zero attached hydrogens (tertiary/aromatic N) is 1. The summed E-state index contributed by atoms with van der Waals surface area (Å²) >= 11 is 2.10. The summed E-state index contributed by atoms with van der Waals surface area (Å²) in [6, 6.07) is 13.3. The van der Waals surface area contributed by atoms with Crippen LogP contribution in [0.4, 0.5) is 5.69 Å². The van der Waals surface area contributed by atoms with Gasteiger partial charge in [-0.25, -0.2) is 8.42 Å². The van der Waals surface area contributed by atoms with Crippen LogP contribution in [0.5, 0.6) is 0 Å². The molecule has 2 aromatic carbocycles. The molecule has 0 saturated heterocycles. The molecule has 0 aromatic heterocycles. The lowest BCUT2D eigenvalue weighted by atomic mass is 10.2. The van der Waals surface area contributed by atoms with Crippen molar-refractivity contribution in [2.45, 2.75) is 4.90 Å². The van der Waals surface area contributed by atoms with E-state index in [2.05, 4.69) is 41.1 Å². The Morgan fingerprint density at radius 3 is 2.15 bits per heavy atom. The fourth-order valence-corrected chi connectivity index (χ4v) is 4.28. The summed E-state index contributed by atoms with van der Waals surface area (Å²) in [5, 5.41) is 2.77. The summed E-state index contributed by atoms with van der Waals surface area (Å²) in [4.78, 5) is 12.5. The molecule has 0 heterocycles. The van der Waals surface area contributed by atoms with Crippen LogP contribution in [0.3, 0.4) is 0 Å². The Kier molecular flexibility index (Phi) is 7.13. The third-order valence-corrected chi connectivity index (χ3v) is 6.32. The molecule has 0 aliphatic heterocycles. The number of carbonyl (C=O) groups excluding carboxylic acids is 1. The molecule has 1 amide bonds. The lowest BCUT2D eigenvalue weighted by Gasteiger charge is -2.19. The van der Waals surface area contributed by atoms with E-state index >= 15 is 0 Å². The standard InChI is InChI=1S/C19H19IN2O3S/c1-3-13-22(14-4-2)26(24,25)16-11-9-15(10-12-16)21-19(23)17-7-5-6-8-18(17)20/h3-12H,1-2,13-14H2,(H,21,23). The van der Waals surface area contributed by atoms with Crippen molar-refractivity contribution in [3.05, 3.63) is 83.0 Å². The van der Waals surface area contributed by atoms with E-state index in [4.69, 9.17) is 0 Å². The Hall–Kier alpha value is -1.97. The Morgan fingerprint density at radius 1 is 1.04 bits per heavy atom. The molecule has 0 bridgehead atoms. The highest BCUT2D eigenvalue weighted by Gasteiger charge is 2.22. The molecule has 0 atom stereocenters. The van der Waals surface area contributed by atoms with Gasteiger partial charge in [0, 0.05) is 22.3 Å². The highest BCUT2D eigenvalue weighted by Crippen LogP contribution is 2.20. The van der Waals surface area contributed by atoms with Crippen LogP contribution in [0.2, 0.25) is 0 Å². The molecule has 0 aliphatic rings. The van der Waals surface area contributed by atoms with E-state index in [0.29, 0.717) is 11.3 Å². The van der Waals surface area contributed by atoms with Crippen molar-refractivity contribution in [2.75, 3.05) is 18.4 Å². The lowest BCUT2D eigenvalue weighted by Crippen LogP contribution is -2.31. The van der Waals surface area contributed by atoms with E-state index in [1.807, 2.05) is 12.1 Å². The van der Waals surface area contributed by atoms with Crippen LogP contribution in [0, 0.1) is 3.57 Å². The minimum absolute atomic E-state index is 0.147. The zero-order chi connectivity index (χ0) is 19.2. The van der Waals surface area contributed by atoms with Gasteiger partial charge in [-0.3, -0.25) is 4.79 Å². The second-order valence-corrected chi connectivity index (χ2v) is 8.46. The third kappa shape index (κ3) is 4.80. The van der Waals surface area contributed by atoms with E-state index < -0.39 is 10.0 Å². The van der Waals surface area contributed by atoms with Gasteiger partial charge in [-0.1, -0.05) is 24.3 Å². The summed E-state index contributed by atoms with van der Waals surface area (Å²) in [6.07, 6.45) is 3.05. The summed E-state index contributed by atoms with van der Waals surface area (Å²) in [5.74, 6) is -0.245. The smallest absolute Gasteiger partial charge is 0.256 e. The van der Waals surface area contributed by atoms with Crippen molar-refractivity contribution in [3.8, 4) is 0 Å². The predicted octanol–water partition coefficient (Wildman–Crippen LogP) is 3.91. The molecule has 0 saturated carbocycles. The van der Waals surface area contributed by atoms with Crippen molar-refractivity contribution in [2.24, 2.45) is 0 Å². The molecular formula is C19H19IN2O3S. The number of benzene rings is 2. The van der Waals surface area contributed by atoms with E-state index in [0.717, 1.165) is 3.57 Å². The number of nitrogens with one attached hydrogen (secondary N) is 1. The van der Waals surface area contributed by atoms with Crippen molar-refractivity contribution < 1.29 is 13.2 Å². The van der Waals surface area contributed by atoms with Gasteiger partial charge in [-0.05, 0) is 59.0 Å². The van der Waals surface area contributed by atoms with Crippen LogP contribution >= 0.6 is 22.6 Å². The molecule has 26 heavy (non-hydrogen) atoms. The number of rotatable bonds is 8. The fourth-order valence-electron chi connectivity index (χ4n) is 2.26. The molecule has 0 spiro atoms. The Morgan fingerprint density at radius 2 is 1.62 bits per heavy atom. The third-order valence-electron chi connectivity index (χ3n) is 3.53. The van der Waals surface area contributed by atoms with Crippen LogP contribution in [0.25, 0.3) is 0 Å². The SMILES string of the molecule is C=CCN(CC=C)S(=O)(=O)c1ccc(NC(=O)c2ccccc2I)cc1. The normalized spacial score (nSPS) is 11.2. The maximum atomic E-state index is 12.7. The fraction of sp³-hybridized carbons (Fsp3) is 0.105. The van der Waals surface area contributed by atoms with E-state index in [1.165, 1.54) is 28.6 Å². The van der Waals surface area contributed by atoms with Crippen molar-refractivity contribution in [1.29, 1.82) is 0 Å². The van der Waals surface area contributed by atoms with Gasteiger partial charge in [0.15, 0.2) is 0 Å². The van der Waals surface area contributed by atoms with Crippen LogP contribution in [-0.2, 0) is 10.0 Å². The molecule has 0 aliphatic carbocycles. The zero-order valence-electron chi connectivity index (χ0n) is 14.1. The van der Waals surface area contributed by atoms with Gasteiger partial charge in [-0.2, -0.15) is 4.31 Å². The molecule has 136 valence electrons. The maximum absolute atomic E-state index is 12.7. The topological polar surface area (TPSA) is 66.5 Å². The van der Waals surface area contributed by atoms with Gasteiger partial charge in [0.1, 0.15) is 0 Å². The molecule has 0 radical (unpaired) electrons. The van der Waals surface area contributed by atoms with Gasteiger partial charge >= 0.3 is 0 Å². The van der Waals surface area contributed by atoms with Gasteiger partial charge in [0.2, 0.25) is 10.0 Å². The predicted molar refractivity (Wildman–Crippen MR) is 113 cm³/mol. The zero-order valence-corrected chi connectivity index (χ0v) is 17.0. The minimum Gasteiger partial charge on any atom is -0.322 e. The molecule has 2 aromatic rings. The molecule has 5 nitrogen and oxygen atoms in total.